The van der Waals surface area contributed by atoms with Gasteiger partial charge < -0.3 is 4.79 Å². The summed E-state index contributed by atoms with van der Waals surface area (Å²) in [6.45, 7) is 2.89. The van der Waals surface area contributed by atoms with Gasteiger partial charge in [0.2, 0.25) is 0 Å². The van der Waals surface area contributed by atoms with Crippen LogP contribution < -0.4 is 0 Å². The molecule has 3 rings (SSSR count). The molecule has 1 aromatic heterocycles. The zero-order valence-electron chi connectivity index (χ0n) is 12.2. The van der Waals surface area contributed by atoms with Crippen LogP contribution >= 0.6 is 0 Å². The number of likely N-dealkylation sites (tertiary alicyclic amines) is 1. The van der Waals surface area contributed by atoms with E-state index < -0.39 is 0 Å². The lowest BCUT2D eigenvalue weighted by Crippen LogP contribution is -2.35. The number of piperidine rings is 1. The Bertz CT molecular complexity index is 437. The monoisotopic (exact) mass is 275 g/mol. The molecule has 1 aliphatic heterocycles. The summed E-state index contributed by atoms with van der Waals surface area (Å²) >= 11 is 0. The first kappa shape index (κ1) is 13.8. The van der Waals surface area contributed by atoms with E-state index in [1.165, 1.54) is 32.1 Å². The Morgan fingerprint density at radius 3 is 2.85 bits per heavy atom. The van der Waals surface area contributed by atoms with Gasteiger partial charge in [0.25, 0.3) is 0 Å². The van der Waals surface area contributed by atoms with Gasteiger partial charge in [-0.1, -0.05) is 19.3 Å². The molecule has 0 spiro atoms. The van der Waals surface area contributed by atoms with Gasteiger partial charge in [-0.15, -0.1) is 0 Å². The maximum absolute atomic E-state index is 10.9. The second-order valence-electron chi connectivity index (χ2n) is 6.35. The van der Waals surface area contributed by atoms with Gasteiger partial charge in [0.05, 0.1) is 11.7 Å². The molecule has 4 heteroatoms. The predicted octanol–water partition coefficient (Wildman–Crippen LogP) is 2.80. The van der Waals surface area contributed by atoms with Crippen molar-refractivity contribution in [1.29, 1.82) is 0 Å². The second-order valence-corrected chi connectivity index (χ2v) is 6.35. The third-order valence-electron chi connectivity index (χ3n) is 4.73. The molecular formula is C16H25N3O. The fourth-order valence-corrected chi connectivity index (χ4v) is 3.59. The summed E-state index contributed by atoms with van der Waals surface area (Å²) in [6, 6.07) is 2.76. The van der Waals surface area contributed by atoms with Gasteiger partial charge in [0.15, 0.2) is 0 Å². The molecule has 20 heavy (non-hydrogen) atoms. The molecule has 2 heterocycles. The van der Waals surface area contributed by atoms with Crippen LogP contribution in [0.1, 0.15) is 56.7 Å². The average molecular weight is 275 g/mol. The van der Waals surface area contributed by atoms with Crippen molar-refractivity contribution in [2.75, 3.05) is 13.1 Å². The molecule has 1 aliphatic carbocycles. The van der Waals surface area contributed by atoms with Gasteiger partial charge in [0.1, 0.15) is 6.29 Å². The molecule has 0 bridgehead atoms. The standard InChI is InChI=1S/C16H25N3O/c20-13-14-5-4-9-18(11-14)12-15-8-10-19(17-15)16-6-2-1-3-7-16/h8,10,13-14,16H,1-7,9,11-12H2. The first-order chi connectivity index (χ1) is 9.85. The minimum atomic E-state index is 0.226. The Balaban J connectivity index is 1.57. The van der Waals surface area contributed by atoms with Crippen LogP contribution in [0.5, 0.6) is 0 Å². The van der Waals surface area contributed by atoms with E-state index in [9.17, 15) is 4.79 Å². The topological polar surface area (TPSA) is 38.1 Å². The van der Waals surface area contributed by atoms with Crippen molar-refractivity contribution in [2.24, 2.45) is 5.92 Å². The van der Waals surface area contributed by atoms with Crippen LogP contribution in [0.25, 0.3) is 0 Å². The fraction of sp³-hybridized carbons (Fsp3) is 0.750. The molecule has 1 saturated carbocycles. The summed E-state index contributed by atoms with van der Waals surface area (Å²) in [5.74, 6) is 0.226. The lowest BCUT2D eigenvalue weighted by molar-refractivity contribution is -0.112. The van der Waals surface area contributed by atoms with Gasteiger partial charge in [-0.2, -0.15) is 5.10 Å². The highest BCUT2D eigenvalue weighted by atomic mass is 16.1. The Morgan fingerprint density at radius 1 is 1.20 bits per heavy atom. The fourth-order valence-electron chi connectivity index (χ4n) is 3.59. The Labute approximate surface area is 121 Å². The van der Waals surface area contributed by atoms with Gasteiger partial charge in [-0.25, -0.2) is 0 Å². The zero-order chi connectivity index (χ0) is 13.8. The van der Waals surface area contributed by atoms with Crippen molar-refractivity contribution in [1.82, 2.24) is 14.7 Å². The van der Waals surface area contributed by atoms with Crippen LogP contribution in [0.4, 0.5) is 0 Å². The minimum Gasteiger partial charge on any atom is -0.303 e. The average Bonchev–Trinajstić information content (AvgIpc) is 2.97. The number of rotatable bonds is 4. The Kier molecular flexibility index (Phi) is 4.51. The molecule has 0 N–H and O–H groups in total. The largest absolute Gasteiger partial charge is 0.303 e. The highest BCUT2D eigenvalue weighted by Crippen LogP contribution is 2.27. The summed E-state index contributed by atoms with van der Waals surface area (Å²) in [5.41, 5.74) is 1.15. The van der Waals surface area contributed by atoms with Crippen LogP contribution in [0.3, 0.4) is 0 Å². The number of hydrogen-bond acceptors (Lipinski definition) is 3. The molecule has 2 aliphatic rings. The minimum absolute atomic E-state index is 0.226. The molecule has 0 radical (unpaired) electrons. The van der Waals surface area contributed by atoms with Gasteiger partial charge in [-0.3, -0.25) is 9.58 Å². The van der Waals surface area contributed by atoms with Crippen LogP contribution in [0.2, 0.25) is 0 Å². The van der Waals surface area contributed by atoms with E-state index in [0.29, 0.717) is 6.04 Å². The van der Waals surface area contributed by atoms with Crippen molar-refractivity contribution in [3.63, 3.8) is 0 Å². The van der Waals surface area contributed by atoms with E-state index >= 15 is 0 Å². The number of hydrogen-bond donors (Lipinski definition) is 0. The molecule has 2 fully saturated rings. The molecule has 1 saturated heterocycles. The lowest BCUT2D eigenvalue weighted by atomic mass is 9.96. The highest BCUT2D eigenvalue weighted by Gasteiger charge is 2.21. The number of carbonyl (C=O) groups excluding carboxylic acids is 1. The van der Waals surface area contributed by atoms with Crippen LogP contribution in [0.15, 0.2) is 12.3 Å². The molecule has 0 aromatic carbocycles. The number of nitrogens with zero attached hydrogens (tertiary/aromatic N) is 3. The van der Waals surface area contributed by atoms with Gasteiger partial charge >= 0.3 is 0 Å². The molecule has 1 atom stereocenters. The molecule has 1 aromatic rings. The molecule has 0 amide bonds. The smallest absolute Gasteiger partial charge is 0.124 e. The van der Waals surface area contributed by atoms with Crippen molar-refractivity contribution < 1.29 is 4.79 Å². The number of aromatic nitrogens is 2. The third kappa shape index (κ3) is 3.29. The highest BCUT2D eigenvalue weighted by molar-refractivity contribution is 5.53. The second kappa shape index (κ2) is 6.53. The maximum Gasteiger partial charge on any atom is 0.124 e. The molecule has 4 nitrogen and oxygen atoms in total. The quantitative estimate of drug-likeness (QED) is 0.793. The van der Waals surface area contributed by atoms with Gasteiger partial charge in [0, 0.05) is 25.2 Å². The zero-order valence-corrected chi connectivity index (χ0v) is 12.2. The molecular weight excluding hydrogens is 250 g/mol. The molecule has 110 valence electrons. The Hall–Kier alpha value is -1.16. The van der Waals surface area contributed by atoms with Crippen molar-refractivity contribution in [3.05, 3.63) is 18.0 Å². The lowest BCUT2D eigenvalue weighted by Gasteiger charge is -2.29. The SMILES string of the molecule is O=CC1CCCN(Cc2ccn(C3CCCCC3)n2)C1. The first-order valence-corrected chi connectivity index (χ1v) is 8.07. The van der Waals surface area contributed by atoms with Crippen molar-refractivity contribution >= 4 is 6.29 Å². The normalized spacial score (nSPS) is 25.7. The van der Waals surface area contributed by atoms with Crippen molar-refractivity contribution in [2.45, 2.75) is 57.5 Å². The Morgan fingerprint density at radius 2 is 2.05 bits per heavy atom. The van der Waals surface area contributed by atoms with E-state index in [2.05, 4.69) is 21.8 Å². The first-order valence-electron chi connectivity index (χ1n) is 8.07. The third-order valence-corrected chi connectivity index (χ3v) is 4.73. The van der Waals surface area contributed by atoms with Crippen molar-refractivity contribution in [3.8, 4) is 0 Å². The van der Waals surface area contributed by atoms with Crippen LogP contribution in [0, 0.1) is 5.92 Å². The van der Waals surface area contributed by atoms with Crippen LogP contribution in [-0.2, 0) is 11.3 Å². The summed E-state index contributed by atoms with van der Waals surface area (Å²) < 4.78 is 2.18. The summed E-state index contributed by atoms with van der Waals surface area (Å²) in [5, 5.41) is 4.77. The van der Waals surface area contributed by atoms with E-state index in [0.717, 1.165) is 44.5 Å². The summed E-state index contributed by atoms with van der Waals surface area (Å²) in [7, 11) is 0. The number of carbonyl (C=O) groups is 1. The van der Waals surface area contributed by atoms with E-state index in [-0.39, 0.29) is 5.92 Å². The van der Waals surface area contributed by atoms with E-state index in [1.807, 2.05) is 0 Å². The summed E-state index contributed by atoms with van der Waals surface area (Å²) in [6.07, 6.45) is 12.1. The van der Waals surface area contributed by atoms with E-state index in [1.54, 1.807) is 0 Å². The van der Waals surface area contributed by atoms with E-state index in [4.69, 9.17) is 5.10 Å². The number of aldehydes is 1. The maximum atomic E-state index is 10.9. The van der Waals surface area contributed by atoms with Gasteiger partial charge in [-0.05, 0) is 38.3 Å². The van der Waals surface area contributed by atoms with Crippen LogP contribution in [-0.4, -0.2) is 34.1 Å². The molecule has 1 unspecified atom stereocenters. The predicted molar refractivity (Wildman–Crippen MR) is 78.4 cm³/mol. The summed E-state index contributed by atoms with van der Waals surface area (Å²) in [4.78, 5) is 13.3.